The molecule has 0 saturated carbocycles. The number of anilines is 1. The van der Waals surface area contributed by atoms with E-state index < -0.39 is 0 Å². The Bertz CT molecular complexity index is 428. The van der Waals surface area contributed by atoms with E-state index in [1.807, 2.05) is 55.8 Å². The summed E-state index contributed by atoms with van der Waals surface area (Å²) in [7, 11) is 1.92. The Labute approximate surface area is 115 Å². The number of hydrogen-bond acceptors (Lipinski definition) is 3. The Morgan fingerprint density at radius 1 is 1.26 bits per heavy atom. The molecule has 19 heavy (non-hydrogen) atoms. The molecule has 1 amide bonds. The molecule has 1 aromatic rings. The van der Waals surface area contributed by atoms with Gasteiger partial charge in [-0.05, 0) is 38.0 Å². The molecule has 1 N–H and O–H groups in total. The van der Waals surface area contributed by atoms with Gasteiger partial charge in [-0.3, -0.25) is 4.79 Å². The second-order valence-corrected chi connectivity index (χ2v) is 4.70. The van der Waals surface area contributed by atoms with Gasteiger partial charge in [-0.2, -0.15) is 0 Å². The van der Waals surface area contributed by atoms with Crippen molar-refractivity contribution in [1.82, 2.24) is 4.90 Å². The van der Waals surface area contributed by atoms with Crippen molar-refractivity contribution < 1.29 is 9.90 Å². The summed E-state index contributed by atoms with van der Waals surface area (Å²) in [4.78, 5) is 15.9. The van der Waals surface area contributed by atoms with Crippen LogP contribution in [-0.4, -0.2) is 42.6 Å². The lowest BCUT2D eigenvalue weighted by Crippen LogP contribution is -2.39. The maximum atomic E-state index is 12.1. The molecule has 0 atom stereocenters. The molecule has 0 fully saturated rings. The van der Waals surface area contributed by atoms with Gasteiger partial charge in [-0.1, -0.05) is 12.1 Å². The highest BCUT2D eigenvalue weighted by Crippen LogP contribution is 2.20. The largest absolute Gasteiger partial charge is 0.392 e. The van der Waals surface area contributed by atoms with Gasteiger partial charge < -0.3 is 14.9 Å². The zero-order chi connectivity index (χ0) is 14.4. The molecule has 0 spiro atoms. The SMILES string of the molecule is CCN(CC)C(=O)CN(C)c1ccc(CO)cc1C. The van der Waals surface area contributed by atoms with Crippen molar-refractivity contribution in [2.75, 3.05) is 31.6 Å². The van der Waals surface area contributed by atoms with Gasteiger partial charge in [0.15, 0.2) is 0 Å². The van der Waals surface area contributed by atoms with E-state index in [1.54, 1.807) is 0 Å². The number of carbonyl (C=O) groups is 1. The van der Waals surface area contributed by atoms with Crippen LogP contribution in [0.1, 0.15) is 25.0 Å². The molecule has 0 radical (unpaired) electrons. The van der Waals surface area contributed by atoms with Crippen LogP contribution in [0.3, 0.4) is 0 Å². The topological polar surface area (TPSA) is 43.8 Å². The fourth-order valence-electron chi connectivity index (χ4n) is 2.21. The number of amides is 1. The van der Waals surface area contributed by atoms with Crippen LogP contribution in [0.25, 0.3) is 0 Å². The summed E-state index contributed by atoms with van der Waals surface area (Å²) in [6.07, 6.45) is 0. The molecule has 0 aliphatic rings. The van der Waals surface area contributed by atoms with Crippen molar-refractivity contribution in [3.63, 3.8) is 0 Å². The van der Waals surface area contributed by atoms with Crippen LogP contribution in [0.15, 0.2) is 18.2 Å². The van der Waals surface area contributed by atoms with E-state index in [9.17, 15) is 4.79 Å². The quantitative estimate of drug-likeness (QED) is 0.852. The van der Waals surface area contributed by atoms with Crippen LogP contribution < -0.4 is 4.90 Å². The van der Waals surface area contributed by atoms with Crippen LogP contribution >= 0.6 is 0 Å². The van der Waals surface area contributed by atoms with Crippen LogP contribution in [-0.2, 0) is 11.4 Å². The Kier molecular flexibility index (Phi) is 5.83. The Balaban J connectivity index is 2.78. The minimum Gasteiger partial charge on any atom is -0.392 e. The van der Waals surface area contributed by atoms with Crippen LogP contribution in [0.5, 0.6) is 0 Å². The minimum absolute atomic E-state index is 0.0449. The highest BCUT2D eigenvalue weighted by atomic mass is 16.3. The normalized spacial score (nSPS) is 10.4. The van der Waals surface area contributed by atoms with Crippen molar-refractivity contribution in [1.29, 1.82) is 0 Å². The number of benzene rings is 1. The van der Waals surface area contributed by atoms with Gasteiger partial charge in [0.25, 0.3) is 0 Å². The summed E-state index contributed by atoms with van der Waals surface area (Å²) in [5.41, 5.74) is 2.99. The average Bonchev–Trinajstić information content (AvgIpc) is 2.39. The standard InChI is InChI=1S/C15H24N2O2/c1-5-17(6-2)15(19)10-16(4)14-8-7-13(11-18)9-12(14)3/h7-9,18H,5-6,10-11H2,1-4H3. The van der Waals surface area contributed by atoms with Crippen LogP contribution in [0.4, 0.5) is 5.69 Å². The molecule has 0 bridgehead atoms. The van der Waals surface area contributed by atoms with Gasteiger partial charge in [-0.25, -0.2) is 0 Å². The van der Waals surface area contributed by atoms with E-state index in [1.165, 1.54) is 0 Å². The van der Waals surface area contributed by atoms with Crippen LogP contribution in [0.2, 0.25) is 0 Å². The smallest absolute Gasteiger partial charge is 0.242 e. The number of carbonyl (C=O) groups excluding carboxylic acids is 1. The fourth-order valence-corrected chi connectivity index (χ4v) is 2.21. The van der Waals surface area contributed by atoms with Gasteiger partial charge in [0.05, 0.1) is 13.2 Å². The number of aliphatic hydroxyl groups excluding tert-OH is 1. The summed E-state index contributed by atoms with van der Waals surface area (Å²) < 4.78 is 0. The first-order chi connectivity index (χ1) is 9.03. The maximum Gasteiger partial charge on any atom is 0.242 e. The van der Waals surface area contributed by atoms with Crippen molar-refractivity contribution in [2.45, 2.75) is 27.4 Å². The molecule has 0 unspecified atom stereocenters. The summed E-state index contributed by atoms with van der Waals surface area (Å²) >= 11 is 0. The predicted molar refractivity (Wildman–Crippen MR) is 78.3 cm³/mol. The zero-order valence-corrected chi connectivity index (χ0v) is 12.3. The molecule has 4 heteroatoms. The molecule has 4 nitrogen and oxygen atoms in total. The first-order valence-electron chi connectivity index (χ1n) is 6.72. The molecule has 106 valence electrons. The first kappa shape index (κ1) is 15.5. The lowest BCUT2D eigenvalue weighted by molar-refractivity contribution is -0.129. The van der Waals surface area contributed by atoms with Gasteiger partial charge >= 0.3 is 0 Å². The zero-order valence-electron chi connectivity index (χ0n) is 12.3. The maximum absolute atomic E-state index is 12.1. The highest BCUT2D eigenvalue weighted by molar-refractivity contribution is 5.81. The number of aliphatic hydroxyl groups is 1. The average molecular weight is 264 g/mol. The molecule has 1 aromatic carbocycles. The summed E-state index contributed by atoms with van der Waals surface area (Å²) in [5.74, 6) is 0.137. The summed E-state index contributed by atoms with van der Waals surface area (Å²) in [6, 6.07) is 5.80. The number of rotatable bonds is 6. The number of aryl methyl sites for hydroxylation is 1. The molecular weight excluding hydrogens is 240 g/mol. The number of nitrogens with zero attached hydrogens (tertiary/aromatic N) is 2. The molecule has 0 saturated heterocycles. The third-order valence-electron chi connectivity index (χ3n) is 3.34. The van der Waals surface area contributed by atoms with E-state index in [4.69, 9.17) is 5.11 Å². The van der Waals surface area contributed by atoms with E-state index in [-0.39, 0.29) is 12.5 Å². The van der Waals surface area contributed by atoms with Gasteiger partial charge in [-0.15, -0.1) is 0 Å². The predicted octanol–water partition coefficient (Wildman–Crippen LogP) is 1.79. The lowest BCUT2D eigenvalue weighted by atomic mass is 10.1. The second kappa shape index (κ2) is 7.14. The van der Waals surface area contributed by atoms with Crippen LogP contribution in [0, 0.1) is 6.92 Å². The lowest BCUT2D eigenvalue weighted by Gasteiger charge is -2.25. The Hall–Kier alpha value is -1.55. The molecule has 0 aliphatic heterocycles. The van der Waals surface area contributed by atoms with E-state index in [0.29, 0.717) is 6.54 Å². The van der Waals surface area contributed by atoms with Gasteiger partial charge in [0.1, 0.15) is 0 Å². The summed E-state index contributed by atoms with van der Waals surface area (Å²) in [5, 5.41) is 9.10. The molecule has 0 aliphatic carbocycles. The van der Waals surface area contributed by atoms with Crippen molar-refractivity contribution in [2.24, 2.45) is 0 Å². The van der Waals surface area contributed by atoms with Crippen molar-refractivity contribution in [3.05, 3.63) is 29.3 Å². The number of likely N-dealkylation sites (N-methyl/N-ethyl adjacent to an activating group) is 2. The molecule has 0 aromatic heterocycles. The summed E-state index contributed by atoms with van der Waals surface area (Å²) in [6.45, 7) is 7.87. The monoisotopic (exact) mass is 264 g/mol. The van der Waals surface area contributed by atoms with Crippen molar-refractivity contribution >= 4 is 11.6 Å². The van der Waals surface area contributed by atoms with E-state index in [2.05, 4.69) is 0 Å². The molecule has 0 heterocycles. The molecular formula is C15H24N2O2. The van der Waals surface area contributed by atoms with Crippen molar-refractivity contribution in [3.8, 4) is 0 Å². The highest BCUT2D eigenvalue weighted by Gasteiger charge is 2.14. The Morgan fingerprint density at radius 3 is 2.37 bits per heavy atom. The number of hydrogen-bond donors (Lipinski definition) is 1. The van der Waals surface area contributed by atoms with Gasteiger partial charge in [0.2, 0.25) is 5.91 Å². The Morgan fingerprint density at radius 2 is 1.89 bits per heavy atom. The minimum atomic E-state index is 0.0449. The third-order valence-corrected chi connectivity index (χ3v) is 3.34. The van der Waals surface area contributed by atoms with E-state index in [0.717, 1.165) is 29.9 Å². The van der Waals surface area contributed by atoms with Gasteiger partial charge in [0, 0.05) is 25.8 Å². The second-order valence-electron chi connectivity index (χ2n) is 4.70. The third kappa shape index (κ3) is 3.96. The molecule has 1 rings (SSSR count). The first-order valence-corrected chi connectivity index (χ1v) is 6.72. The van der Waals surface area contributed by atoms with E-state index >= 15 is 0 Å². The fraction of sp³-hybridized carbons (Fsp3) is 0.533.